The first kappa shape index (κ1) is 15.4. The fourth-order valence-corrected chi connectivity index (χ4v) is 2.29. The van der Waals surface area contributed by atoms with Crippen molar-refractivity contribution in [2.45, 2.75) is 6.36 Å². The van der Waals surface area contributed by atoms with Gasteiger partial charge in [0.05, 0.1) is 10.5 Å². The van der Waals surface area contributed by atoms with Crippen LogP contribution in [0.1, 0.15) is 0 Å². The van der Waals surface area contributed by atoms with Crippen molar-refractivity contribution in [1.82, 2.24) is 4.98 Å². The van der Waals surface area contributed by atoms with E-state index < -0.39 is 12.1 Å². The lowest BCUT2D eigenvalue weighted by atomic mass is 10.2. The number of pyridine rings is 1. The summed E-state index contributed by atoms with van der Waals surface area (Å²) in [5, 5.41) is 3.84. The lowest BCUT2D eigenvalue weighted by molar-refractivity contribution is -0.274. The van der Waals surface area contributed by atoms with Crippen molar-refractivity contribution in [3.05, 3.63) is 59.6 Å². The van der Waals surface area contributed by atoms with Crippen molar-refractivity contribution in [2.75, 3.05) is 5.32 Å². The quantitative estimate of drug-likeness (QED) is 0.681. The molecule has 0 amide bonds. The van der Waals surface area contributed by atoms with Crippen LogP contribution in [-0.2, 0) is 0 Å². The summed E-state index contributed by atoms with van der Waals surface area (Å²) in [5.74, 6) is 0.112. The number of halogens is 4. The molecule has 3 rings (SSSR count). The minimum Gasteiger partial charge on any atom is -0.404 e. The number of para-hydroxylation sites is 1. The van der Waals surface area contributed by atoms with Gasteiger partial charge in [-0.3, -0.25) is 0 Å². The van der Waals surface area contributed by atoms with Crippen LogP contribution in [0.15, 0.2) is 54.6 Å². The first-order valence-corrected chi connectivity index (χ1v) is 6.97. The number of benzene rings is 2. The Morgan fingerprint density at radius 3 is 2.52 bits per heavy atom. The Morgan fingerprint density at radius 1 is 1.00 bits per heavy atom. The average Bonchev–Trinajstić information content (AvgIpc) is 2.49. The van der Waals surface area contributed by atoms with E-state index in [4.69, 9.17) is 11.6 Å². The maximum Gasteiger partial charge on any atom is 0.573 e. The number of hydrogen-bond donors (Lipinski definition) is 1. The molecule has 1 heterocycles. The number of alkyl halides is 3. The lowest BCUT2D eigenvalue weighted by Gasteiger charge is -2.12. The molecule has 0 aliphatic heterocycles. The Morgan fingerprint density at radius 2 is 1.78 bits per heavy atom. The van der Waals surface area contributed by atoms with Crippen molar-refractivity contribution < 1.29 is 17.9 Å². The second-order valence-corrected chi connectivity index (χ2v) is 5.11. The number of nitrogens with zero attached hydrogens (tertiary/aromatic N) is 1. The molecule has 0 aliphatic carbocycles. The molecule has 3 nitrogen and oxygen atoms in total. The van der Waals surface area contributed by atoms with Crippen molar-refractivity contribution in [1.29, 1.82) is 0 Å². The van der Waals surface area contributed by atoms with Crippen LogP contribution >= 0.6 is 11.6 Å². The molecular formula is C16H10ClF3N2O. The molecule has 7 heteroatoms. The highest BCUT2D eigenvalue weighted by Crippen LogP contribution is 2.33. The second-order valence-electron chi connectivity index (χ2n) is 4.71. The van der Waals surface area contributed by atoms with Crippen molar-refractivity contribution in [3.63, 3.8) is 0 Å². The van der Waals surface area contributed by atoms with Gasteiger partial charge >= 0.3 is 6.36 Å². The molecular weight excluding hydrogens is 329 g/mol. The molecule has 0 aliphatic rings. The van der Waals surface area contributed by atoms with Gasteiger partial charge in [-0.25, -0.2) is 4.98 Å². The van der Waals surface area contributed by atoms with Gasteiger partial charge in [-0.05, 0) is 36.4 Å². The minimum atomic E-state index is -4.78. The van der Waals surface area contributed by atoms with Gasteiger partial charge in [0.2, 0.25) is 0 Å². The zero-order valence-corrected chi connectivity index (χ0v) is 12.3. The summed E-state index contributed by atoms with van der Waals surface area (Å²) >= 11 is 5.81. The largest absolute Gasteiger partial charge is 0.573 e. The highest BCUT2D eigenvalue weighted by molar-refractivity contribution is 6.32. The van der Waals surface area contributed by atoms with Crippen LogP contribution in [0.4, 0.5) is 24.7 Å². The summed E-state index contributed by atoms with van der Waals surface area (Å²) < 4.78 is 40.5. The SMILES string of the molecule is FC(F)(F)Oc1ccc(Nc2ccc3ccccc3n2)cc1Cl. The van der Waals surface area contributed by atoms with E-state index in [1.165, 1.54) is 12.1 Å². The summed E-state index contributed by atoms with van der Waals surface area (Å²) in [6.07, 6.45) is -4.78. The zero-order valence-electron chi connectivity index (χ0n) is 11.6. The molecule has 0 atom stereocenters. The summed E-state index contributed by atoms with van der Waals surface area (Å²) in [6, 6.07) is 15.2. The van der Waals surface area contributed by atoms with Crippen LogP contribution in [0.3, 0.4) is 0 Å². The van der Waals surface area contributed by atoms with Gasteiger partial charge in [0.15, 0.2) is 0 Å². The molecule has 0 spiro atoms. The summed E-state index contributed by atoms with van der Waals surface area (Å²) in [5.41, 5.74) is 1.31. The van der Waals surface area contributed by atoms with Crippen LogP contribution in [0.25, 0.3) is 10.9 Å². The van der Waals surface area contributed by atoms with E-state index >= 15 is 0 Å². The predicted octanol–water partition coefficient (Wildman–Crippen LogP) is 5.53. The van der Waals surface area contributed by atoms with E-state index in [-0.39, 0.29) is 5.02 Å². The highest BCUT2D eigenvalue weighted by atomic mass is 35.5. The summed E-state index contributed by atoms with van der Waals surface area (Å²) in [7, 11) is 0. The Balaban J connectivity index is 1.83. The third-order valence-electron chi connectivity index (χ3n) is 3.03. The lowest BCUT2D eigenvalue weighted by Crippen LogP contribution is -2.17. The van der Waals surface area contributed by atoms with Gasteiger partial charge in [-0.1, -0.05) is 29.8 Å². The summed E-state index contributed by atoms with van der Waals surface area (Å²) in [6.45, 7) is 0. The van der Waals surface area contributed by atoms with Crippen molar-refractivity contribution in [3.8, 4) is 5.75 Å². The molecule has 0 saturated heterocycles. The van der Waals surface area contributed by atoms with Crippen LogP contribution in [0, 0.1) is 0 Å². The predicted molar refractivity (Wildman–Crippen MR) is 83.2 cm³/mol. The first-order chi connectivity index (χ1) is 10.9. The maximum atomic E-state index is 12.2. The standard InChI is InChI=1S/C16H10ClF3N2O/c17-12-9-11(6-7-14(12)23-16(18,19)20)21-15-8-5-10-3-1-2-4-13(10)22-15/h1-9H,(H,21,22). The number of rotatable bonds is 3. The third-order valence-corrected chi connectivity index (χ3v) is 3.32. The molecule has 3 aromatic rings. The molecule has 1 aromatic heterocycles. The van der Waals surface area contributed by atoms with Gasteiger partial charge < -0.3 is 10.1 Å². The normalized spacial score (nSPS) is 11.5. The molecule has 2 aromatic carbocycles. The summed E-state index contributed by atoms with van der Waals surface area (Å²) in [4.78, 5) is 4.42. The molecule has 0 fully saturated rings. The van der Waals surface area contributed by atoms with Crippen molar-refractivity contribution in [2.24, 2.45) is 0 Å². The molecule has 118 valence electrons. The van der Waals surface area contributed by atoms with Crippen molar-refractivity contribution >= 4 is 34.0 Å². The fourth-order valence-electron chi connectivity index (χ4n) is 2.07. The van der Waals surface area contributed by atoms with E-state index in [0.29, 0.717) is 11.5 Å². The molecule has 23 heavy (non-hydrogen) atoms. The number of aromatic nitrogens is 1. The average molecular weight is 339 g/mol. The minimum absolute atomic E-state index is 0.145. The van der Waals surface area contributed by atoms with Crippen LogP contribution in [0.2, 0.25) is 5.02 Å². The van der Waals surface area contributed by atoms with E-state index in [2.05, 4.69) is 15.0 Å². The molecule has 0 bridgehead atoms. The number of anilines is 2. The Hall–Kier alpha value is -2.47. The monoisotopic (exact) mass is 338 g/mol. The highest BCUT2D eigenvalue weighted by Gasteiger charge is 2.32. The Labute approximate surface area is 134 Å². The number of ether oxygens (including phenoxy) is 1. The van der Waals surface area contributed by atoms with Crippen LogP contribution < -0.4 is 10.1 Å². The Bertz CT molecular complexity index is 852. The van der Waals surface area contributed by atoms with Gasteiger partial charge in [0.25, 0.3) is 0 Å². The number of fused-ring (bicyclic) bond motifs is 1. The Kier molecular flexibility index (Phi) is 4.00. The molecule has 0 saturated carbocycles. The number of hydrogen-bond acceptors (Lipinski definition) is 3. The second kappa shape index (κ2) is 5.96. The van der Waals surface area contributed by atoms with Gasteiger partial charge in [0, 0.05) is 11.1 Å². The first-order valence-electron chi connectivity index (χ1n) is 6.59. The van der Waals surface area contributed by atoms with E-state index in [1.54, 1.807) is 6.07 Å². The van der Waals surface area contributed by atoms with E-state index in [9.17, 15) is 13.2 Å². The van der Waals surface area contributed by atoms with Gasteiger partial charge in [-0.2, -0.15) is 0 Å². The van der Waals surface area contributed by atoms with E-state index in [1.807, 2.05) is 30.3 Å². The third kappa shape index (κ3) is 3.84. The molecule has 1 N–H and O–H groups in total. The van der Waals surface area contributed by atoms with Crippen LogP contribution in [0.5, 0.6) is 5.75 Å². The maximum absolute atomic E-state index is 12.2. The zero-order chi connectivity index (χ0) is 16.4. The van der Waals surface area contributed by atoms with Gasteiger partial charge in [-0.15, -0.1) is 13.2 Å². The smallest absolute Gasteiger partial charge is 0.404 e. The topological polar surface area (TPSA) is 34.1 Å². The van der Waals surface area contributed by atoms with Crippen LogP contribution in [-0.4, -0.2) is 11.3 Å². The van der Waals surface area contributed by atoms with Gasteiger partial charge in [0.1, 0.15) is 11.6 Å². The fraction of sp³-hybridized carbons (Fsp3) is 0.0625. The molecule has 0 radical (unpaired) electrons. The van der Waals surface area contributed by atoms with E-state index in [0.717, 1.165) is 17.0 Å². The number of nitrogens with one attached hydrogen (secondary N) is 1. The molecule has 0 unspecified atom stereocenters.